The number of Topliss-reactive ketones (excluding diaryl/α,β-unsaturated/α-hetero) is 1. The zero-order valence-corrected chi connectivity index (χ0v) is 29.2. The maximum Gasteiger partial charge on any atom is 0.302 e. The van der Waals surface area contributed by atoms with Gasteiger partial charge in [-0.25, -0.2) is 9.37 Å². The van der Waals surface area contributed by atoms with Crippen LogP contribution in [-0.2, 0) is 19.7 Å². The van der Waals surface area contributed by atoms with E-state index in [1.54, 1.807) is 19.1 Å². The Morgan fingerprint density at radius 2 is 1.65 bits per heavy atom. The number of esters is 1. The van der Waals surface area contributed by atoms with Gasteiger partial charge >= 0.3 is 5.97 Å². The Kier molecular flexibility index (Phi) is 7.17. The quantitative estimate of drug-likeness (QED) is 0.343. The highest BCUT2D eigenvalue weighted by Crippen LogP contribution is 2.76. The first-order chi connectivity index (χ1) is 21.6. The van der Waals surface area contributed by atoms with Gasteiger partial charge in [-0.1, -0.05) is 48.5 Å². The minimum absolute atomic E-state index is 0.0222. The van der Waals surface area contributed by atoms with Gasteiger partial charge in [0.1, 0.15) is 17.7 Å². The van der Waals surface area contributed by atoms with E-state index in [2.05, 4.69) is 53.5 Å². The van der Waals surface area contributed by atoms with Crippen LogP contribution in [0.1, 0.15) is 119 Å². The molecule has 1 aromatic heterocycles. The second kappa shape index (κ2) is 10.4. The van der Waals surface area contributed by atoms with Gasteiger partial charge in [0, 0.05) is 18.8 Å². The topological polar surface area (TPSA) is 72.1 Å². The minimum Gasteiger partial charge on any atom is -0.462 e. The summed E-state index contributed by atoms with van der Waals surface area (Å²) in [4.78, 5) is 34.8. The molecule has 4 saturated carbocycles. The molecule has 248 valence electrons. The molecule has 1 heterocycles. The zero-order chi connectivity index (χ0) is 33.0. The lowest BCUT2D eigenvalue weighted by atomic mass is 9.33. The van der Waals surface area contributed by atoms with E-state index >= 15 is 0 Å². The summed E-state index contributed by atoms with van der Waals surface area (Å²) in [5, 5.41) is 0. The van der Waals surface area contributed by atoms with Crippen molar-refractivity contribution in [2.45, 2.75) is 125 Å². The zero-order valence-electron chi connectivity index (χ0n) is 29.2. The summed E-state index contributed by atoms with van der Waals surface area (Å²) in [5.74, 6) is 2.36. The van der Waals surface area contributed by atoms with Crippen molar-refractivity contribution in [3.05, 3.63) is 53.3 Å². The largest absolute Gasteiger partial charge is 0.462 e. The van der Waals surface area contributed by atoms with E-state index in [1.807, 2.05) is 6.20 Å². The number of rotatable bonds is 4. The first-order valence-electron chi connectivity index (χ1n) is 17.8. The van der Waals surface area contributed by atoms with Crippen molar-refractivity contribution in [2.75, 3.05) is 0 Å². The van der Waals surface area contributed by atoms with Crippen molar-refractivity contribution in [3.63, 3.8) is 0 Å². The third kappa shape index (κ3) is 4.19. The lowest BCUT2D eigenvalue weighted by Crippen LogP contribution is -2.66. The van der Waals surface area contributed by atoms with Crippen molar-refractivity contribution in [2.24, 2.45) is 45.3 Å². The Morgan fingerprint density at radius 1 is 0.935 bits per heavy atom. The van der Waals surface area contributed by atoms with Gasteiger partial charge in [-0.15, -0.1) is 0 Å². The molecule has 1 aromatic carbocycles. The number of hydrogen-bond donors (Lipinski definition) is 1. The van der Waals surface area contributed by atoms with Crippen LogP contribution in [0.4, 0.5) is 4.39 Å². The summed E-state index contributed by atoms with van der Waals surface area (Å²) in [6, 6.07) is 6.55. The molecule has 1 N–H and O–H groups in total. The van der Waals surface area contributed by atoms with Crippen molar-refractivity contribution in [3.8, 4) is 11.3 Å². The third-order valence-electron chi connectivity index (χ3n) is 14.9. The molecule has 5 aliphatic carbocycles. The second-order valence-corrected chi connectivity index (χ2v) is 17.4. The third-order valence-corrected chi connectivity index (χ3v) is 14.9. The van der Waals surface area contributed by atoms with Crippen LogP contribution >= 0.6 is 0 Å². The summed E-state index contributed by atoms with van der Waals surface area (Å²) in [6.45, 7) is 18.4. The van der Waals surface area contributed by atoms with Gasteiger partial charge in [0.05, 0.1) is 17.3 Å². The van der Waals surface area contributed by atoms with E-state index in [0.29, 0.717) is 30.0 Å². The van der Waals surface area contributed by atoms with E-state index in [0.717, 1.165) is 67.6 Å². The summed E-state index contributed by atoms with van der Waals surface area (Å²) in [7, 11) is 0. The Labute approximate surface area is 274 Å². The van der Waals surface area contributed by atoms with Gasteiger partial charge in [-0.3, -0.25) is 9.59 Å². The van der Waals surface area contributed by atoms with Gasteiger partial charge in [-0.05, 0) is 132 Å². The molecule has 0 spiro atoms. The van der Waals surface area contributed by atoms with Gasteiger partial charge in [0.25, 0.3) is 0 Å². The lowest BCUT2D eigenvalue weighted by molar-refractivity contribution is -0.231. The van der Waals surface area contributed by atoms with Crippen LogP contribution in [0.5, 0.6) is 0 Å². The summed E-state index contributed by atoms with van der Waals surface area (Å²) in [6.07, 6.45) is 10.9. The molecule has 46 heavy (non-hydrogen) atoms. The highest BCUT2D eigenvalue weighted by Gasteiger charge is 2.70. The first kappa shape index (κ1) is 31.8. The predicted octanol–water partition coefficient (Wildman–Crippen LogP) is 9.38. The van der Waals surface area contributed by atoms with E-state index in [-0.39, 0.29) is 45.5 Å². The highest BCUT2D eigenvalue weighted by atomic mass is 19.1. The number of ketones is 1. The van der Waals surface area contributed by atoms with Crippen molar-refractivity contribution in [1.29, 1.82) is 0 Å². The van der Waals surface area contributed by atoms with Crippen LogP contribution < -0.4 is 0 Å². The van der Waals surface area contributed by atoms with E-state index < -0.39 is 5.41 Å². The van der Waals surface area contributed by atoms with Crippen LogP contribution in [0.3, 0.4) is 0 Å². The number of carbonyl (C=O) groups is 2. The number of nitrogens with zero attached hydrogens (tertiary/aromatic N) is 1. The van der Waals surface area contributed by atoms with Crippen LogP contribution in [0.25, 0.3) is 11.3 Å². The average Bonchev–Trinajstić information content (AvgIpc) is 3.59. The number of fused-ring (bicyclic) bond motifs is 7. The maximum absolute atomic E-state index is 14.1. The molecular weight excluding hydrogens is 575 g/mol. The van der Waals surface area contributed by atoms with Crippen molar-refractivity contribution >= 4 is 11.8 Å². The number of H-pyrrole nitrogens is 1. The number of halogens is 1. The number of benzene rings is 1. The standard InChI is InChI=1S/C40H53FN2O3/c1-23(2)33-29(45)21-40(35-42-22-28(43-35)25-9-11-26(41)12-10-25)20-19-38(7)27(34(33)40)13-14-31-37(6)17-16-32(46-24(3)44)36(4,5)30(37)15-18-39(31,38)8/h9-12,22-23,27,30-32H,13-21H2,1-8H3,(H,42,43)/t27-,30+,31-,32+,37+,38-,39-,40-/m1/s1. The Bertz CT molecular complexity index is 1600. The van der Waals surface area contributed by atoms with E-state index in [4.69, 9.17) is 9.72 Å². The Hall–Kier alpha value is -2.76. The molecule has 2 aromatic rings. The molecule has 8 atom stereocenters. The molecule has 6 heteroatoms. The molecule has 0 radical (unpaired) electrons. The monoisotopic (exact) mass is 628 g/mol. The molecule has 0 bridgehead atoms. The fraction of sp³-hybridized carbons (Fsp3) is 0.675. The van der Waals surface area contributed by atoms with Gasteiger partial charge < -0.3 is 9.72 Å². The predicted molar refractivity (Wildman–Crippen MR) is 178 cm³/mol. The second-order valence-electron chi connectivity index (χ2n) is 17.4. The molecule has 5 aliphatic rings. The normalized spacial score (nSPS) is 39.8. The average molecular weight is 629 g/mol. The van der Waals surface area contributed by atoms with Crippen molar-refractivity contribution in [1.82, 2.24) is 9.97 Å². The van der Waals surface area contributed by atoms with E-state index in [1.165, 1.54) is 24.1 Å². The molecule has 0 aliphatic heterocycles. The molecule has 4 fully saturated rings. The van der Waals surface area contributed by atoms with Gasteiger partial charge in [0.2, 0.25) is 0 Å². The van der Waals surface area contributed by atoms with E-state index in [9.17, 15) is 14.0 Å². The summed E-state index contributed by atoms with van der Waals surface area (Å²) >= 11 is 0. The number of ether oxygens (including phenoxy) is 1. The first-order valence-corrected chi connectivity index (χ1v) is 17.8. The number of allylic oxidation sites excluding steroid dienone is 2. The number of aromatic amines is 1. The Balaban J connectivity index is 1.28. The number of hydrogen-bond acceptors (Lipinski definition) is 4. The number of imidazole rings is 1. The fourth-order valence-corrected chi connectivity index (χ4v) is 12.6. The molecule has 0 saturated heterocycles. The molecule has 0 amide bonds. The Morgan fingerprint density at radius 3 is 2.33 bits per heavy atom. The number of carbonyl (C=O) groups excluding carboxylic acids is 2. The SMILES string of the molecule is CC(=O)O[C@H]1CC[C@]2(C)[C@H]3CC[C@@H]4C5=C(C(C)C)C(=O)C[C@]5(c5ncc(-c6ccc(F)cc6)[nH]5)CC[C@@]4(C)[C@]3(C)CC[C@H]2C1(C)C. The van der Waals surface area contributed by atoms with Gasteiger partial charge in [-0.2, -0.15) is 0 Å². The molecule has 7 rings (SSSR count). The van der Waals surface area contributed by atoms with Crippen LogP contribution in [0.2, 0.25) is 0 Å². The summed E-state index contributed by atoms with van der Waals surface area (Å²) in [5.41, 5.74) is 4.13. The molecule has 5 nitrogen and oxygen atoms in total. The fourth-order valence-electron chi connectivity index (χ4n) is 12.6. The number of nitrogens with one attached hydrogen (secondary N) is 1. The van der Waals surface area contributed by atoms with Crippen LogP contribution in [0.15, 0.2) is 41.6 Å². The lowest BCUT2D eigenvalue weighted by Gasteiger charge is -2.72. The molecule has 0 unspecified atom stereocenters. The van der Waals surface area contributed by atoms with Crippen LogP contribution in [0, 0.1) is 51.1 Å². The smallest absolute Gasteiger partial charge is 0.302 e. The van der Waals surface area contributed by atoms with Crippen molar-refractivity contribution < 1.29 is 18.7 Å². The maximum atomic E-state index is 14.1. The summed E-state index contributed by atoms with van der Waals surface area (Å²) < 4.78 is 19.7. The molecular formula is C40H53FN2O3. The van der Waals surface area contributed by atoms with Gasteiger partial charge in [0.15, 0.2) is 5.78 Å². The minimum atomic E-state index is -0.409. The number of aromatic nitrogens is 2. The van der Waals surface area contributed by atoms with Crippen LogP contribution in [-0.4, -0.2) is 27.8 Å². The highest BCUT2D eigenvalue weighted by molar-refractivity contribution is 6.01.